The maximum Gasteiger partial charge on any atom is 0.243 e. The van der Waals surface area contributed by atoms with Gasteiger partial charge in [-0.3, -0.25) is 4.79 Å². The van der Waals surface area contributed by atoms with E-state index >= 15 is 0 Å². The first-order valence-corrected chi connectivity index (χ1v) is 9.42. The summed E-state index contributed by atoms with van der Waals surface area (Å²) in [5.41, 5.74) is 0.782. The van der Waals surface area contributed by atoms with Gasteiger partial charge in [-0.2, -0.15) is 4.31 Å². The maximum absolute atomic E-state index is 13.0. The van der Waals surface area contributed by atoms with Crippen LogP contribution in [0.5, 0.6) is 0 Å². The van der Waals surface area contributed by atoms with E-state index in [1.165, 1.54) is 18.2 Å². The van der Waals surface area contributed by atoms with Gasteiger partial charge in [-0.05, 0) is 23.8 Å². The zero-order valence-electron chi connectivity index (χ0n) is 13.6. The fraction of sp³-hybridized carbons (Fsp3) is 0.167. The van der Waals surface area contributed by atoms with Gasteiger partial charge >= 0.3 is 0 Å². The molecule has 0 spiro atoms. The first kappa shape index (κ1) is 19.2. The quantitative estimate of drug-likeness (QED) is 0.718. The van der Waals surface area contributed by atoms with Gasteiger partial charge in [0.15, 0.2) is 0 Å². The van der Waals surface area contributed by atoms with Crippen molar-refractivity contribution in [1.82, 2.24) is 9.62 Å². The third kappa shape index (κ3) is 5.42. The van der Waals surface area contributed by atoms with Gasteiger partial charge in [0, 0.05) is 18.1 Å². The van der Waals surface area contributed by atoms with Crippen molar-refractivity contribution >= 4 is 27.5 Å². The molecule has 1 N–H and O–H groups in total. The predicted octanol–water partition coefficient (Wildman–Crippen LogP) is 2.83. The summed E-state index contributed by atoms with van der Waals surface area (Å²) < 4.78 is 27.1. The molecule has 0 aliphatic heterocycles. The van der Waals surface area contributed by atoms with Crippen LogP contribution in [0.2, 0.25) is 5.02 Å². The Bertz CT molecular complexity index is 838. The Balaban J connectivity index is 2.32. The van der Waals surface area contributed by atoms with E-state index in [1.807, 2.05) is 30.3 Å². The number of carbonyl (C=O) groups is 1. The van der Waals surface area contributed by atoms with Crippen molar-refractivity contribution in [2.24, 2.45) is 0 Å². The maximum atomic E-state index is 13.0. The highest BCUT2D eigenvalue weighted by atomic mass is 35.5. The van der Waals surface area contributed by atoms with E-state index in [1.54, 1.807) is 12.1 Å². The number of hydrogen-bond donors (Lipinski definition) is 1. The molecular weight excluding hydrogens is 360 g/mol. The zero-order chi connectivity index (χ0) is 18.3. The van der Waals surface area contributed by atoms with Crippen molar-refractivity contribution in [1.29, 1.82) is 0 Å². The molecule has 0 unspecified atom stereocenters. The average Bonchev–Trinajstić information content (AvgIpc) is 2.60. The molecule has 1 amide bonds. The topological polar surface area (TPSA) is 66.5 Å². The third-order valence-corrected chi connectivity index (χ3v) is 5.42. The second kappa shape index (κ2) is 8.80. The number of benzene rings is 2. The molecule has 0 aromatic heterocycles. The molecule has 0 saturated heterocycles. The Morgan fingerprint density at radius 2 is 1.88 bits per heavy atom. The monoisotopic (exact) mass is 378 g/mol. The fourth-order valence-electron chi connectivity index (χ4n) is 2.19. The van der Waals surface area contributed by atoms with Crippen molar-refractivity contribution in [2.45, 2.75) is 11.4 Å². The van der Waals surface area contributed by atoms with Crippen LogP contribution in [0.3, 0.4) is 0 Å². The van der Waals surface area contributed by atoms with E-state index in [4.69, 9.17) is 11.6 Å². The standard InChI is InChI=1S/C18H19ClN2O3S/c1-2-11-20-18(22)14-21(13-15-7-4-3-5-8-15)25(23,24)17-10-6-9-16(19)12-17/h2-10,12H,1,11,13-14H2,(H,20,22). The molecule has 0 saturated carbocycles. The third-order valence-electron chi connectivity index (χ3n) is 3.40. The zero-order valence-corrected chi connectivity index (χ0v) is 15.1. The molecule has 0 aliphatic rings. The van der Waals surface area contributed by atoms with Gasteiger partial charge in [-0.15, -0.1) is 6.58 Å². The molecule has 0 fully saturated rings. The van der Waals surface area contributed by atoms with Gasteiger partial charge in [0.2, 0.25) is 15.9 Å². The number of carbonyl (C=O) groups excluding carboxylic acids is 1. The van der Waals surface area contributed by atoms with Gasteiger partial charge in [0.1, 0.15) is 0 Å². The highest BCUT2D eigenvalue weighted by Crippen LogP contribution is 2.21. The van der Waals surface area contributed by atoms with Crippen LogP contribution in [-0.2, 0) is 21.4 Å². The lowest BCUT2D eigenvalue weighted by Crippen LogP contribution is -2.40. The van der Waals surface area contributed by atoms with Gasteiger partial charge in [0.05, 0.1) is 11.4 Å². The van der Waals surface area contributed by atoms with E-state index in [-0.39, 0.29) is 24.5 Å². The minimum absolute atomic E-state index is 0.0486. The largest absolute Gasteiger partial charge is 0.351 e. The summed E-state index contributed by atoms with van der Waals surface area (Å²) >= 11 is 5.92. The van der Waals surface area contributed by atoms with E-state index in [2.05, 4.69) is 11.9 Å². The first-order valence-electron chi connectivity index (χ1n) is 7.60. The molecule has 0 bridgehead atoms. The van der Waals surface area contributed by atoms with E-state index in [0.29, 0.717) is 5.02 Å². The normalized spacial score (nSPS) is 11.3. The van der Waals surface area contributed by atoms with Gasteiger partial charge in [-0.25, -0.2) is 8.42 Å². The van der Waals surface area contributed by atoms with Crippen LogP contribution in [0.4, 0.5) is 0 Å². The number of halogens is 1. The van der Waals surface area contributed by atoms with Gasteiger partial charge in [-0.1, -0.05) is 54.1 Å². The number of amides is 1. The average molecular weight is 379 g/mol. The lowest BCUT2D eigenvalue weighted by molar-refractivity contribution is -0.121. The molecular formula is C18H19ClN2O3S. The number of sulfonamides is 1. The summed E-state index contributed by atoms with van der Waals surface area (Å²) in [4.78, 5) is 12.1. The number of hydrogen-bond acceptors (Lipinski definition) is 3. The van der Waals surface area contributed by atoms with Crippen molar-refractivity contribution in [2.75, 3.05) is 13.1 Å². The molecule has 0 heterocycles. The van der Waals surface area contributed by atoms with Crippen LogP contribution in [0.1, 0.15) is 5.56 Å². The summed E-state index contributed by atoms with van der Waals surface area (Å²) in [7, 11) is -3.88. The minimum Gasteiger partial charge on any atom is -0.351 e. The molecule has 2 aromatic rings. The van der Waals surface area contributed by atoms with Gasteiger partial charge in [0.25, 0.3) is 0 Å². The van der Waals surface area contributed by atoms with E-state index < -0.39 is 15.9 Å². The highest BCUT2D eigenvalue weighted by Gasteiger charge is 2.27. The van der Waals surface area contributed by atoms with Crippen LogP contribution in [0, 0.1) is 0 Å². The smallest absolute Gasteiger partial charge is 0.243 e. The Morgan fingerprint density at radius 3 is 2.52 bits per heavy atom. The van der Waals surface area contributed by atoms with Crippen LogP contribution >= 0.6 is 11.6 Å². The van der Waals surface area contributed by atoms with Gasteiger partial charge < -0.3 is 5.32 Å². The minimum atomic E-state index is -3.88. The van der Waals surface area contributed by atoms with Crippen LogP contribution in [0.15, 0.2) is 72.1 Å². The Hall–Kier alpha value is -2.15. The summed E-state index contributed by atoms with van der Waals surface area (Å²) in [6, 6.07) is 15.1. The summed E-state index contributed by atoms with van der Waals surface area (Å²) in [5.74, 6) is -0.401. The SMILES string of the molecule is C=CCNC(=O)CN(Cc1ccccc1)S(=O)(=O)c1cccc(Cl)c1. The molecule has 7 heteroatoms. The molecule has 25 heavy (non-hydrogen) atoms. The van der Waals surface area contributed by atoms with Crippen molar-refractivity contribution in [3.8, 4) is 0 Å². The lowest BCUT2D eigenvalue weighted by Gasteiger charge is -2.22. The first-order chi connectivity index (χ1) is 11.9. The second-order valence-electron chi connectivity index (χ2n) is 5.31. The van der Waals surface area contributed by atoms with Crippen molar-refractivity contribution in [3.63, 3.8) is 0 Å². The molecule has 2 rings (SSSR count). The Labute approximate surface area is 153 Å². The molecule has 0 radical (unpaired) electrons. The molecule has 2 aromatic carbocycles. The number of nitrogens with zero attached hydrogens (tertiary/aromatic N) is 1. The molecule has 0 atom stereocenters. The highest BCUT2D eigenvalue weighted by molar-refractivity contribution is 7.89. The van der Waals surface area contributed by atoms with E-state index in [9.17, 15) is 13.2 Å². The predicted molar refractivity (Wildman–Crippen MR) is 98.7 cm³/mol. The Morgan fingerprint density at radius 1 is 1.16 bits per heavy atom. The van der Waals surface area contributed by atoms with Crippen LogP contribution in [0.25, 0.3) is 0 Å². The lowest BCUT2D eigenvalue weighted by atomic mass is 10.2. The van der Waals surface area contributed by atoms with Crippen molar-refractivity contribution in [3.05, 3.63) is 77.8 Å². The van der Waals surface area contributed by atoms with Crippen LogP contribution < -0.4 is 5.32 Å². The van der Waals surface area contributed by atoms with E-state index in [0.717, 1.165) is 9.87 Å². The van der Waals surface area contributed by atoms with Crippen LogP contribution in [-0.4, -0.2) is 31.7 Å². The number of nitrogens with one attached hydrogen (secondary N) is 1. The fourth-order valence-corrected chi connectivity index (χ4v) is 3.88. The second-order valence-corrected chi connectivity index (χ2v) is 7.68. The number of rotatable bonds is 8. The summed E-state index contributed by atoms with van der Waals surface area (Å²) in [6.07, 6.45) is 1.53. The molecule has 5 nitrogen and oxygen atoms in total. The summed E-state index contributed by atoms with van der Waals surface area (Å²) in [5, 5.41) is 2.91. The molecule has 132 valence electrons. The summed E-state index contributed by atoms with van der Waals surface area (Å²) in [6.45, 7) is 3.58. The molecule has 0 aliphatic carbocycles. The Kier molecular flexibility index (Phi) is 6.75. The van der Waals surface area contributed by atoms with Crippen molar-refractivity contribution < 1.29 is 13.2 Å².